The van der Waals surface area contributed by atoms with Crippen LogP contribution in [0.2, 0.25) is 0 Å². The number of aromatic nitrogens is 2. The van der Waals surface area contributed by atoms with E-state index in [0.29, 0.717) is 6.42 Å². The molecule has 2 aromatic heterocycles. The number of likely N-dealkylation sites (tertiary alicyclic amines) is 1. The maximum absolute atomic E-state index is 13.2. The van der Waals surface area contributed by atoms with Crippen LogP contribution in [-0.2, 0) is 11.2 Å². The van der Waals surface area contributed by atoms with Crippen molar-refractivity contribution in [1.29, 1.82) is 0 Å². The van der Waals surface area contributed by atoms with Gasteiger partial charge in [0.05, 0.1) is 11.7 Å². The molecule has 4 aromatic rings. The van der Waals surface area contributed by atoms with Gasteiger partial charge in [0, 0.05) is 35.8 Å². The molecule has 1 atom stereocenters. The van der Waals surface area contributed by atoms with Crippen molar-refractivity contribution >= 4 is 16.8 Å². The second-order valence-electron chi connectivity index (χ2n) is 8.39. The van der Waals surface area contributed by atoms with E-state index >= 15 is 0 Å². The molecule has 1 fully saturated rings. The maximum Gasteiger partial charge on any atom is 0.223 e. The molecule has 31 heavy (non-hydrogen) atoms. The van der Waals surface area contributed by atoms with Crippen molar-refractivity contribution in [2.45, 2.75) is 38.6 Å². The summed E-state index contributed by atoms with van der Waals surface area (Å²) < 4.78 is 0. The van der Waals surface area contributed by atoms with Crippen molar-refractivity contribution in [2.75, 3.05) is 6.54 Å². The molecule has 5 rings (SSSR count). The topological polar surface area (TPSA) is 49.0 Å². The highest BCUT2D eigenvalue weighted by Gasteiger charge is 2.31. The quantitative estimate of drug-likeness (QED) is 0.450. The Morgan fingerprint density at radius 2 is 1.87 bits per heavy atom. The molecular formula is C27H27N3O. The molecular weight excluding hydrogens is 382 g/mol. The van der Waals surface area contributed by atoms with E-state index in [1.807, 2.05) is 36.2 Å². The second-order valence-corrected chi connectivity index (χ2v) is 8.39. The van der Waals surface area contributed by atoms with Gasteiger partial charge in [-0.15, -0.1) is 0 Å². The minimum atomic E-state index is 0.0674. The van der Waals surface area contributed by atoms with E-state index in [1.165, 1.54) is 22.1 Å². The van der Waals surface area contributed by atoms with Gasteiger partial charge in [0.2, 0.25) is 5.91 Å². The van der Waals surface area contributed by atoms with Crippen LogP contribution >= 0.6 is 0 Å². The van der Waals surface area contributed by atoms with Crippen LogP contribution in [0.3, 0.4) is 0 Å². The lowest BCUT2D eigenvalue weighted by Crippen LogP contribution is -2.31. The zero-order chi connectivity index (χ0) is 21.2. The van der Waals surface area contributed by atoms with Gasteiger partial charge in [-0.25, -0.2) is 0 Å². The number of para-hydroxylation sites is 1. The van der Waals surface area contributed by atoms with E-state index in [-0.39, 0.29) is 11.9 Å². The number of nitrogens with one attached hydrogen (secondary N) is 1. The summed E-state index contributed by atoms with van der Waals surface area (Å²) >= 11 is 0. The van der Waals surface area contributed by atoms with Gasteiger partial charge in [0.15, 0.2) is 0 Å². The summed E-state index contributed by atoms with van der Waals surface area (Å²) in [6.45, 7) is 2.85. The Hall–Kier alpha value is -3.40. The van der Waals surface area contributed by atoms with Crippen LogP contribution in [0.1, 0.15) is 42.3 Å². The Morgan fingerprint density at radius 3 is 2.74 bits per heavy atom. The fourth-order valence-corrected chi connectivity index (χ4v) is 4.76. The first-order valence-electron chi connectivity index (χ1n) is 11.1. The van der Waals surface area contributed by atoms with Crippen LogP contribution in [0, 0.1) is 6.92 Å². The predicted octanol–water partition coefficient (Wildman–Crippen LogP) is 5.83. The van der Waals surface area contributed by atoms with E-state index < -0.39 is 0 Å². The van der Waals surface area contributed by atoms with Crippen molar-refractivity contribution in [3.8, 4) is 11.1 Å². The van der Waals surface area contributed by atoms with Crippen LogP contribution in [0.5, 0.6) is 0 Å². The first kappa shape index (κ1) is 19.6. The third kappa shape index (κ3) is 3.98. The number of carbonyl (C=O) groups is 1. The first-order valence-corrected chi connectivity index (χ1v) is 11.1. The van der Waals surface area contributed by atoms with Crippen molar-refractivity contribution in [3.05, 3.63) is 89.9 Å². The molecule has 2 aromatic carbocycles. The number of rotatable bonds is 5. The Kier molecular flexibility index (Phi) is 5.29. The summed E-state index contributed by atoms with van der Waals surface area (Å²) in [6.07, 6.45) is 5.31. The number of aromatic amines is 1. The fourth-order valence-electron chi connectivity index (χ4n) is 4.76. The first-order chi connectivity index (χ1) is 15.2. The number of nitrogens with zero attached hydrogens (tertiary/aromatic N) is 2. The molecule has 156 valence electrons. The molecule has 1 saturated heterocycles. The summed E-state index contributed by atoms with van der Waals surface area (Å²) in [5.74, 6) is 0.220. The summed E-state index contributed by atoms with van der Waals surface area (Å²) in [6, 6.07) is 23.0. The molecule has 1 aliphatic rings. The van der Waals surface area contributed by atoms with Gasteiger partial charge in [-0.2, -0.15) is 0 Å². The van der Waals surface area contributed by atoms with Gasteiger partial charge in [0.25, 0.3) is 0 Å². The van der Waals surface area contributed by atoms with Gasteiger partial charge in [-0.1, -0.05) is 48.5 Å². The van der Waals surface area contributed by atoms with Gasteiger partial charge < -0.3 is 9.88 Å². The minimum absolute atomic E-state index is 0.0674. The van der Waals surface area contributed by atoms with Crippen molar-refractivity contribution in [3.63, 3.8) is 0 Å². The molecule has 1 amide bonds. The Morgan fingerprint density at radius 1 is 1.06 bits per heavy atom. The van der Waals surface area contributed by atoms with Crippen LogP contribution in [0.25, 0.3) is 22.0 Å². The second kappa shape index (κ2) is 8.38. The van der Waals surface area contributed by atoms with Crippen molar-refractivity contribution in [1.82, 2.24) is 14.9 Å². The largest absolute Gasteiger partial charge is 0.361 e. The van der Waals surface area contributed by atoms with Crippen molar-refractivity contribution in [2.24, 2.45) is 0 Å². The molecule has 1 N–H and O–H groups in total. The van der Waals surface area contributed by atoms with Crippen LogP contribution in [-0.4, -0.2) is 27.3 Å². The van der Waals surface area contributed by atoms with Crippen LogP contribution in [0.15, 0.2) is 72.9 Å². The third-order valence-electron chi connectivity index (χ3n) is 6.28. The monoisotopic (exact) mass is 409 g/mol. The molecule has 1 aliphatic heterocycles. The standard InChI is InChI=1S/C27H27N3O/c1-19-16-22(20-8-3-2-4-9-20)17-25(29-19)26-12-7-15-30(26)27(31)14-13-21-18-28-24-11-6-5-10-23(21)24/h2-6,8-11,16-18,26,28H,7,12-15H2,1H3/t26-/m0/s1. The molecule has 4 nitrogen and oxygen atoms in total. The van der Waals surface area contributed by atoms with E-state index in [2.05, 4.69) is 53.5 Å². The Labute approximate surface area is 182 Å². The minimum Gasteiger partial charge on any atom is -0.361 e. The predicted molar refractivity (Wildman–Crippen MR) is 125 cm³/mol. The number of benzene rings is 2. The number of hydrogen-bond donors (Lipinski definition) is 1. The highest BCUT2D eigenvalue weighted by atomic mass is 16.2. The lowest BCUT2D eigenvalue weighted by molar-refractivity contribution is -0.132. The molecule has 4 heteroatoms. The van der Waals surface area contributed by atoms with Gasteiger partial charge >= 0.3 is 0 Å². The van der Waals surface area contributed by atoms with E-state index in [9.17, 15) is 4.79 Å². The summed E-state index contributed by atoms with van der Waals surface area (Å²) in [5.41, 5.74) is 6.69. The molecule has 0 saturated carbocycles. The molecule has 0 bridgehead atoms. The number of hydrogen-bond acceptors (Lipinski definition) is 2. The summed E-state index contributed by atoms with van der Waals surface area (Å²) in [7, 11) is 0. The van der Waals surface area contributed by atoms with E-state index in [4.69, 9.17) is 4.98 Å². The van der Waals surface area contributed by atoms with Crippen molar-refractivity contribution < 1.29 is 4.79 Å². The maximum atomic E-state index is 13.2. The average molecular weight is 410 g/mol. The summed E-state index contributed by atoms with van der Waals surface area (Å²) in [4.78, 5) is 23.4. The number of fused-ring (bicyclic) bond motifs is 1. The van der Waals surface area contributed by atoms with Gasteiger partial charge in [0.1, 0.15) is 0 Å². The SMILES string of the molecule is Cc1cc(-c2ccccc2)cc([C@@H]2CCCN2C(=O)CCc2c[nH]c3ccccc23)n1. The zero-order valence-corrected chi connectivity index (χ0v) is 17.8. The number of aryl methyl sites for hydroxylation is 2. The lowest BCUT2D eigenvalue weighted by Gasteiger charge is -2.25. The van der Waals surface area contributed by atoms with E-state index in [0.717, 1.165) is 42.7 Å². The number of H-pyrrole nitrogens is 1. The van der Waals surface area contributed by atoms with Gasteiger partial charge in [-0.3, -0.25) is 9.78 Å². The highest BCUT2D eigenvalue weighted by Crippen LogP contribution is 2.34. The highest BCUT2D eigenvalue weighted by molar-refractivity contribution is 5.84. The Bertz CT molecular complexity index is 1210. The number of carbonyl (C=O) groups excluding carboxylic acids is 1. The third-order valence-corrected chi connectivity index (χ3v) is 6.28. The molecule has 3 heterocycles. The average Bonchev–Trinajstić information content (AvgIpc) is 3.45. The van der Waals surface area contributed by atoms with Crippen LogP contribution < -0.4 is 0 Å². The molecule has 0 radical (unpaired) electrons. The molecule has 0 aliphatic carbocycles. The zero-order valence-electron chi connectivity index (χ0n) is 17.8. The van der Waals surface area contributed by atoms with Gasteiger partial charge in [-0.05, 0) is 61.1 Å². The molecule has 0 spiro atoms. The normalized spacial score (nSPS) is 16.2. The van der Waals surface area contributed by atoms with E-state index in [1.54, 1.807) is 0 Å². The lowest BCUT2D eigenvalue weighted by atomic mass is 10.0. The smallest absolute Gasteiger partial charge is 0.223 e. The number of amides is 1. The molecule has 0 unspecified atom stereocenters. The fraction of sp³-hybridized carbons (Fsp3) is 0.259. The summed E-state index contributed by atoms with van der Waals surface area (Å²) in [5, 5.41) is 1.21. The Balaban J connectivity index is 1.35. The van der Waals surface area contributed by atoms with Crippen LogP contribution in [0.4, 0.5) is 0 Å². The number of pyridine rings is 1.